The van der Waals surface area contributed by atoms with Crippen LogP contribution in [-0.4, -0.2) is 41.0 Å². The molecule has 1 aliphatic heterocycles. The minimum absolute atomic E-state index is 0.0185. The molecule has 1 amide bonds. The van der Waals surface area contributed by atoms with Crippen molar-refractivity contribution in [2.24, 2.45) is 5.92 Å². The van der Waals surface area contributed by atoms with Crippen LogP contribution in [0.2, 0.25) is 0 Å². The molecule has 1 saturated heterocycles. The van der Waals surface area contributed by atoms with Gasteiger partial charge in [-0.15, -0.1) is 0 Å². The summed E-state index contributed by atoms with van der Waals surface area (Å²) >= 11 is 0. The van der Waals surface area contributed by atoms with E-state index in [9.17, 15) is 14.0 Å². The van der Waals surface area contributed by atoms with Crippen molar-refractivity contribution in [3.63, 3.8) is 0 Å². The average Bonchev–Trinajstić information content (AvgIpc) is 2.96. The van der Waals surface area contributed by atoms with E-state index in [0.717, 1.165) is 16.8 Å². The molecule has 5 nitrogen and oxygen atoms in total. The number of carbonyl (C=O) groups excluding carboxylic acids is 2. The number of benzene rings is 1. The molecular weight excluding hydrogens is 359 g/mol. The quantitative estimate of drug-likeness (QED) is 0.736. The lowest BCUT2D eigenvalue weighted by molar-refractivity contribution is -0.149. The van der Waals surface area contributed by atoms with Crippen molar-refractivity contribution in [2.75, 3.05) is 19.7 Å². The third kappa shape index (κ3) is 4.26. The molecule has 0 spiro atoms. The number of carbonyl (C=O) groups is 2. The molecule has 2 aromatic rings. The number of likely N-dealkylation sites (tertiary alicyclic amines) is 1. The number of amides is 1. The molecule has 1 aromatic carbocycles. The highest BCUT2D eigenvalue weighted by Crippen LogP contribution is 2.24. The Bertz CT molecular complexity index is 849. The van der Waals surface area contributed by atoms with Crippen LogP contribution in [0.1, 0.15) is 47.1 Å². The first-order chi connectivity index (χ1) is 13.4. The maximum atomic E-state index is 13.2. The fraction of sp³-hybridized carbons (Fsp3) is 0.455. The van der Waals surface area contributed by atoms with E-state index >= 15 is 0 Å². The molecule has 0 N–H and O–H groups in total. The molecule has 0 aliphatic carbocycles. The summed E-state index contributed by atoms with van der Waals surface area (Å²) in [5.74, 6) is -0.584. The molecule has 150 valence electrons. The van der Waals surface area contributed by atoms with Gasteiger partial charge >= 0.3 is 5.97 Å². The van der Waals surface area contributed by atoms with E-state index in [4.69, 9.17) is 4.74 Å². The summed E-state index contributed by atoms with van der Waals surface area (Å²) in [5, 5.41) is 0. The Morgan fingerprint density at radius 2 is 1.79 bits per heavy atom. The van der Waals surface area contributed by atoms with Crippen LogP contribution in [0, 0.1) is 25.6 Å². The molecule has 0 unspecified atom stereocenters. The molecule has 28 heavy (non-hydrogen) atoms. The monoisotopic (exact) mass is 386 g/mol. The third-order valence-corrected chi connectivity index (χ3v) is 5.35. The summed E-state index contributed by atoms with van der Waals surface area (Å²) in [6.07, 6.45) is 1.25. The van der Waals surface area contributed by atoms with Gasteiger partial charge in [-0.1, -0.05) is 12.1 Å². The van der Waals surface area contributed by atoms with Crippen molar-refractivity contribution in [1.82, 2.24) is 9.47 Å². The summed E-state index contributed by atoms with van der Waals surface area (Å²) < 4.78 is 20.3. The van der Waals surface area contributed by atoms with Gasteiger partial charge in [-0.05, 0) is 62.9 Å². The molecule has 3 rings (SSSR count). The molecule has 0 saturated carbocycles. The van der Waals surface area contributed by atoms with E-state index in [-0.39, 0.29) is 23.6 Å². The van der Waals surface area contributed by atoms with Gasteiger partial charge in [-0.3, -0.25) is 9.59 Å². The zero-order chi connectivity index (χ0) is 20.3. The van der Waals surface area contributed by atoms with Crippen LogP contribution in [-0.2, 0) is 16.1 Å². The molecular formula is C22H27FN2O3. The van der Waals surface area contributed by atoms with E-state index in [1.54, 1.807) is 19.1 Å². The van der Waals surface area contributed by atoms with Crippen molar-refractivity contribution in [1.29, 1.82) is 0 Å². The Balaban J connectivity index is 1.75. The zero-order valence-electron chi connectivity index (χ0n) is 16.7. The molecule has 1 aromatic heterocycles. The SMILES string of the molecule is CCOC(=O)C1CCN(C(=O)c2c(C)cc(C)n2Cc2ccc(F)cc2)CC1. The first-order valence-corrected chi connectivity index (χ1v) is 9.77. The third-order valence-electron chi connectivity index (χ3n) is 5.35. The number of esters is 1. The first kappa shape index (κ1) is 20.1. The fourth-order valence-electron chi connectivity index (χ4n) is 3.84. The lowest BCUT2D eigenvalue weighted by atomic mass is 9.96. The first-order valence-electron chi connectivity index (χ1n) is 9.77. The molecule has 2 heterocycles. The van der Waals surface area contributed by atoms with Gasteiger partial charge in [0, 0.05) is 25.3 Å². The number of aromatic nitrogens is 1. The predicted molar refractivity (Wildman–Crippen MR) is 105 cm³/mol. The van der Waals surface area contributed by atoms with Gasteiger partial charge < -0.3 is 14.2 Å². The summed E-state index contributed by atoms with van der Waals surface area (Å²) in [6, 6.07) is 8.35. The van der Waals surface area contributed by atoms with Crippen LogP contribution in [0.4, 0.5) is 4.39 Å². The van der Waals surface area contributed by atoms with Crippen molar-refractivity contribution in [3.05, 3.63) is 58.7 Å². The molecule has 1 aliphatic rings. The Labute approximate surface area is 165 Å². The van der Waals surface area contributed by atoms with Gasteiger partial charge in [0.05, 0.1) is 12.5 Å². The van der Waals surface area contributed by atoms with Gasteiger partial charge in [0.15, 0.2) is 0 Å². The summed E-state index contributed by atoms with van der Waals surface area (Å²) in [4.78, 5) is 27.0. The smallest absolute Gasteiger partial charge is 0.309 e. The second-order valence-electron chi connectivity index (χ2n) is 7.35. The number of hydrogen-bond donors (Lipinski definition) is 0. The van der Waals surface area contributed by atoms with Gasteiger partial charge in [0.25, 0.3) is 5.91 Å². The molecule has 0 bridgehead atoms. The van der Waals surface area contributed by atoms with E-state index in [2.05, 4.69) is 0 Å². The topological polar surface area (TPSA) is 51.5 Å². The number of rotatable bonds is 5. The average molecular weight is 386 g/mol. The van der Waals surface area contributed by atoms with Crippen molar-refractivity contribution in [3.8, 4) is 0 Å². The Kier molecular flexibility index (Phi) is 6.17. The van der Waals surface area contributed by atoms with Crippen LogP contribution in [0.5, 0.6) is 0 Å². The van der Waals surface area contributed by atoms with Crippen LogP contribution in [0.25, 0.3) is 0 Å². The Morgan fingerprint density at radius 3 is 2.39 bits per heavy atom. The maximum Gasteiger partial charge on any atom is 0.309 e. The molecule has 1 fully saturated rings. The number of hydrogen-bond acceptors (Lipinski definition) is 3. The van der Waals surface area contributed by atoms with Crippen LogP contribution >= 0.6 is 0 Å². The van der Waals surface area contributed by atoms with Crippen LogP contribution in [0.15, 0.2) is 30.3 Å². The number of aryl methyl sites for hydroxylation is 2. The summed E-state index contributed by atoms with van der Waals surface area (Å²) in [7, 11) is 0. The van der Waals surface area contributed by atoms with Crippen LogP contribution in [0.3, 0.4) is 0 Å². The van der Waals surface area contributed by atoms with E-state index in [1.807, 2.05) is 29.4 Å². The second-order valence-corrected chi connectivity index (χ2v) is 7.35. The molecule has 0 atom stereocenters. The summed E-state index contributed by atoms with van der Waals surface area (Å²) in [6.45, 7) is 7.70. The Hall–Kier alpha value is -2.63. The minimum Gasteiger partial charge on any atom is -0.466 e. The molecule has 0 radical (unpaired) electrons. The van der Waals surface area contributed by atoms with E-state index in [0.29, 0.717) is 44.8 Å². The number of halogens is 1. The fourth-order valence-corrected chi connectivity index (χ4v) is 3.84. The van der Waals surface area contributed by atoms with Gasteiger partial charge in [-0.25, -0.2) is 4.39 Å². The van der Waals surface area contributed by atoms with Crippen molar-refractivity contribution >= 4 is 11.9 Å². The standard InChI is InChI=1S/C22H27FN2O3/c1-4-28-22(27)18-9-11-24(12-10-18)21(26)20-15(2)13-16(3)25(20)14-17-5-7-19(23)8-6-17/h5-8,13,18H,4,9-12,14H2,1-3H3. The second kappa shape index (κ2) is 8.59. The van der Waals surface area contributed by atoms with E-state index < -0.39 is 0 Å². The van der Waals surface area contributed by atoms with E-state index in [1.165, 1.54) is 12.1 Å². The lowest BCUT2D eigenvalue weighted by Crippen LogP contribution is -2.41. The highest BCUT2D eigenvalue weighted by atomic mass is 19.1. The Morgan fingerprint density at radius 1 is 1.14 bits per heavy atom. The zero-order valence-corrected chi connectivity index (χ0v) is 16.7. The minimum atomic E-state index is -0.273. The number of nitrogens with zero attached hydrogens (tertiary/aromatic N) is 2. The largest absolute Gasteiger partial charge is 0.466 e. The van der Waals surface area contributed by atoms with Gasteiger partial charge in [-0.2, -0.15) is 0 Å². The predicted octanol–water partition coefficient (Wildman–Crippen LogP) is 3.71. The van der Waals surface area contributed by atoms with Crippen molar-refractivity contribution < 1.29 is 18.7 Å². The highest BCUT2D eigenvalue weighted by Gasteiger charge is 2.30. The molecule has 6 heteroatoms. The van der Waals surface area contributed by atoms with Crippen LogP contribution < -0.4 is 0 Å². The normalized spacial score (nSPS) is 14.9. The summed E-state index contributed by atoms with van der Waals surface area (Å²) in [5.41, 5.74) is 3.52. The van der Waals surface area contributed by atoms with Crippen molar-refractivity contribution in [2.45, 2.75) is 40.2 Å². The lowest BCUT2D eigenvalue weighted by Gasteiger charge is -2.31. The van der Waals surface area contributed by atoms with Gasteiger partial charge in [0.2, 0.25) is 0 Å². The highest BCUT2D eigenvalue weighted by molar-refractivity contribution is 5.94. The number of ether oxygens (including phenoxy) is 1. The number of piperidine rings is 1. The maximum absolute atomic E-state index is 13.2. The van der Waals surface area contributed by atoms with Gasteiger partial charge in [0.1, 0.15) is 11.5 Å².